The third-order valence-electron chi connectivity index (χ3n) is 3.30. The summed E-state index contributed by atoms with van der Waals surface area (Å²) in [5, 5.41) is 10.8. The van der Waals surface area contributed by atoms with E-state index < -0.39 is 0 Å². The van der Waals surface area contributed by atoms with Gasteiger partial charge < -0.3 is 9.99 Å². The van der Waals surface area contributed by atoms with Crippen molar-refractivity contribution in [3.63, 3.8) is 0 Å². The van der Waals surface area contributed by atoms with Gasteiger partial charge in [0, 0.05) is 13.0 Å². The molecule has 0 amide bonds. The quantitative estimate of drug-likeness (QED) is 0.657. The van der Waals surface area contributed by atoms with Gasteiger partial charge in [-0.05, 0) is 30.7 Å². The van der Waals surface area contributed by atoms with Gasteiger partial charge >= 0.3 is 0 Å². The first kappa shape index (κ1) is 14.9. The number of hydrogen-bond acceptors (Lipinski definition) is 6. The van der Waals surface area contributed by atoms with Crippen molar-refractivity contribution in [2.75, 3.05) is 5.43 Å². The van der Waals surface area contributed by atoms with E-state index in [1.807, 2.05) is 0 Å². The Morgan fingerprint density at radius 1 is 1.19 bits per heavy atom. The zero-order valence-corrected chi connectivity index (χ0v) is 13.5. The zero-order valence-electron chi connectivity index (χ0n) is 11.1. The van der Waals surface area contributed by atoms with E-state index in [-0.39, 0.29) is 0 Å². The number of aromatic nitrogens is 4. The van der Waals surface area contributed by atoms with Crippen LogP contribution < -0.4 is 11.3 Å². The summed E-state index contributed by atoms with van der Waals surface area (Å²) in [5.41, 5.74) is 2.46. The molecule has 3 heterocycles. The number of pyridine rings is 1. The number of halogens is 2. The van der Waals surface area contributed by atoms with Crippen LogP contribution in [0.5, 0.6) is 0 Å². The van der Waals surface area contributed by atoms with Crippen molar-refractivity contribution in [3.8, 4) is 0 Å². The SMILES string of the molecule is NNc1nc(Sc2nnc3n2CCCCC3)c(Cl)cc1Cl. The number of hydrazine groups is 1. The molecule has 0 fully saturated rings. The van der Waals surface area contributed by atoms with Gasteiger partial charge in [-0.2, -0.15) is 0 Å². The van der Waals surface area contributed by atoms with Crippen LogP contribution in [-0.2, 0) is 13.0 Å². The van der Waals surface area contributed by atoms with E-state index in [4.69, 9.17) is 29.0 Å². The lowest BCUT2D eigenvalue weighted by molar-refractivity contribution is 0.590. The third kappa shape index (κ3) is 3.11. The molecule has 112 valence electrons. The Kier molecular flexibility index (Phi) is 4.54. The summed E-state index contributed by atoms with van der Waals surface area (Å²) >= 11 is 13.6. The molecule has 0 saturated heterocycles. The van der Waals surface area contributed by atoms with E-state index in [0.29, 0.717) is 20.9 Å². The summed E-state index contributed by atoms with van der Waals surface area (Å²) in [6, 6.07) is 1.62. The maximum Gasteiger partial charge on any atom is 0.197 e. The molecule has 2 aromatic rings. The normalized spacial score (nSPS) is 14.6. The highest BCUT2D eigenvalue weighted by molar-refractivity contribution is 7.99. The van der Waals surface area contributed by atoms with Gasteiger partial charge in [0.05, 0.1) is 10.0 Å². The molecule has 21 heavy (non-hydrogen) atoms. The fourth-order valence-corrected chi connectivity index (χ4v) is 3.63. The first-order chi connectivity index (χ1) is 10.2. The molecule has 0 radical (unpaired) electrons. The highest BCUT2D eigenvalue weighted by atomic mass is 35.5. The Morgan fingerprint density at radius 3 is 2.86 bits per heavy atom. The fraction of sp³-hybridized carbons (Fsp3) is 0.417. The smallest absolute Gasteiger partial charge is 0.197 e. The van der Waals surface area contributed by atoms with Crippen LogP contribution in [0, 0.1) is 0 Å². The summed E-state index contributed by atoms with van der Waals surface area (Å²) in [5.74, 6) is 6.81. The highest BCUT2D eigenvalue weighted by Crippen LogP contribution is 2.35. The van der Waals surface area contributed by atoms with Crippen LogP contribution in [0.15, 0.2) is 16.2 Å². The van der Waals surface area contributed by atoms with E-state index in [1.54, 1.807) is 6.07 Å². The minimum atomic E-state index is 0.381. The second kappa shape index (κ2) is 6.39. The molecule has 0 atom stereocenters. The van der Waals surface area contributed by atoms with Crippen LogP contribution in [-0.4, -0.2) is 19.7 Å². The molecule has 2 aromatic heterocycles. The molecular formula is C12H14Cl2N6S. The van der Waals surface area contributed by atoms with E-state index in [1.165, 1.54) is 18.2 Å². The van der Waals surface area contributed by atoms with E-state index in [2.05, 4.69) is 25.2 Å². The third-order valence-corrected chi connectivity index (χ3v) is 4.98. The molecule has 0 aliphatic carbocycles. The van der Waals surface area contributed by atoms with E-state index in [9.17, 15) is 0 Å². The first-order valence-corrected chi connectivity index (χ1v) is 8.19. The number of rotatable bonds is 3. The van der Waals surface area contributed by atoms with Crippen molar-refractivity contribution >= 4 is 40.8 Å². The summed E-state index contributed by atoms with van der Waals surface area (Å²) < 4.78 is 2.14. The Morgan fingerprint density at radius 2 is 2.05 bits per heavy atom. The maximum atomic E-state index is 6.20. The van der Waals surface area contributed by atoms with Crippen LogP contribution >= 0.6 is 35.0 Å². The van der Waals surface area contributed by atoms with E-state index in [0.717, 1.165) is 36.8 Å². The highest BCUT2D eigenvalue weighted by Gasteiger charge is 2.18. The summed E-state index contributed by atoms with van der Waals surface area (Å²) in [6.45, 7) is 0.928. The van der Waals surface area contributed by atoms with Crippen LogP contribution in [0.25, 0.3) is 0 Å². The van der Waals surface area contributed by atoms with Crippen LogP contribution in [0.4, 0.5) is 5.82 Å². The van der Waals surface area contributed by atoms with Gasteiger partial charge in [0.2, 0.25) is 0 Å². The number of nitrogens with one attached hydrogen (secondary N) is 1. The van der Waals surface area contributed by atoms with Gasteiger partial charge in [-0.15, -0.1) is 10.2 Å². The molecule has 9 heteroatoms. The molecule has 0 unspecified atom stereocenters. The lowest BCUT2D eigenvalue weighted by Crippen LogP contribution is -2.09. The Balaban J connectivity index is 1.92. The van der Waals surface area contributed by atoms with Gasteiger partial charge in [-0.25, -0.2) is 10.8 Å². The summed E-state index contributed by atoms with van der Waals surface area (Å²) in [7, 11) is 0. The molecule has 3 N–H and O–H groups in total. The summed E-state index contributed by atoms with van der Waals surface area (Å²) in [4.78, 5) is 4.32. The topological polar surface area (TPSA) is 81.7 Å². The van der Waals surface area contributed by atoms with Crippen molar-refractivity contribution < 1.29 is 0 Å². The minimum Gasteiger partial charge on any atom is -0.307 e. The number of aryl methyl sites for hydroxylation is 1. The van der Waals surface area contributed by atoms with Gasteiger partial charge in [0.25, 0.3) is 0 Å². The number of fused-ring (bicyclic) bond motifs is 1. The van der Waals surface area contributed by atoms with Crippen LogP contribution in [0.3, 0.4) is 0 Å². The number of hydrogen-bond donors (Lipinski definition) is 2. The number of nitrogens with two attached hydrogens (primary N) is 1. The second-order valence-electron chi connectivity index (χ2n) is 4.71. The molecule has 3 rings (SSSR count). The molecular weight excluding hydrogens is 331 g/mol. The van der Waals surface area contributed by atoms with Crippen molar-refractivity contribution in [3.05, 3.63) is 21.9 Å². The standard InChI is InChI=1S/C12H14Cl2N6S/c13-7-6-8(14)11(16-10(7)17-15)21-12-19-18-9-4-2-1-3-5-20(9)12/h6H,1-5,15H2,(H,16,17). The molecule has 0 bridgehead atoms. The van der Waals surface area contributed by atoms with Gasteiger partial charge in [-0.3, -0.25) is 0 Å². The molecule has 1 aliphatic rings. The van der Waals surface area contributed by atoms with Crippen molar-refractivity contribution in [2.24, 2.45) is 5.84 Å². The number of nitrogen functional groups attached to an aromatic ring is 1. The average Bonchev–Trinajstić information content (AvgIpc) is 2.70. The average molecular weight is 345 g/mol. The molecule has 1 aliphatic heterocycles. The Bertz CT molecular complexity index is 659. The van der Waals surface area contributed by atoms with Crippen LogP contribution in [0.1, 0.15) is 25.1 Å². The predicted octanol–water partition coefficient (Wildman–Crippen LogP) is 3.14. The Hall–Kier alpha value is -1.02. The largest absolute Gasteiger partial charge is 0.307 e. The van der Waals surface area contributed by atoms with Gasteiger partial charge in [0.1, 0.15) is 10.9 Å². The number of nitrogens with zero attached hydrogens (tertiary/aromatic N) is 4. The monoisotopic (exact) mass is 344 g/mol. The Labute approximate surface area is 136 Å². The first-order valence-electron chi connectivity index (χ1n) is 6.61. The maximum absolute atomic E-state index is 6.20. The molecule has 0 aromatic carbocycles. The van der Waals surface area contributed by atoms with Crippen molar-refractivity contribution in [1.29, 1.82) is 0 Å². The molecule has 0 spiro atoms. The minimum absolute atomic E-state index is 0.381. The van der Waals surface area contributed by atoms with Crippen LogP contribution in [0.2, 0.25) is 10.0 Å². The number of anilines is 1. The van der Waals surface area contributed by atoms with E-state index >= 15 is 0 Å². The zero-order chi connectivity index (χ0) is 14.8. The predicted molar refractivity (Wildman–Crippen MR) is 83.8 cm³/mol. The van der Waals surface area contributed by atoms with Crippen molar-refractivity contribution in [1.82, 2.24) is 19.7 Å². The van der Waals surface area contributed by atoms with Crippen molar-refractivity contribution in [2.45, 2.75) is 42.4 Å². The molecule has 6 nitrogen and oxygen atoms in total. The fourth-order valence-electron chi connectivity index (χ4n) is 2.24. The lowest BCUT2D eigenvalue weighted by Gasteiger charge is -2.09. The van der Waals surface area contributed by atoms with Gasteiger partial charge in [-0.1, -0.05) is 29.6 Å². The second-order valence-corrected chi connectivity index (χ2v) is 6.48. The summed E-state index contributed by atoms with van der Waals surface area (Å²) in [6.07, 6.45) is 4.47. The lowest BCUT2D eigenvalue weighted by atomic mass is 10.2. The van der Waals surface area contributed by atoms with Gasteiger partial charge in [0.15, 0.2) is 11.0 Å². The molecule has 0 saturated carbocycles.